The summed E-state index contributed by atoms with van der Waals surface area (Å²) in [5.74, 6) is 1.68. The molecule has 6 heteroatoms. The van der Waals surface area contributed by atoms with Crippen LogP contribution in [0.15, 0.2) is 34.9 Å². The summed E-state index contributed by atoms with van der Waals surface area (Å²) in [5.41, 5.74) is 1.10. The maximum Gasteiger partial charge on any atom is 0.272 e. The monoisotopic (exact) mass is 353 g/mol. The number of furan rings is 1. The lowest BCUT2D eigenvalue weighted by Gasteiger charge is -2.36. The summed E-state index contributed by atoms with van der Waals surface area (Å²) in [6, 6.07) is 7.23. The molecular weight excluding hydrogens is 330 g/mol. The number of amides is 2. The molecule has 3 aliphatic heterocycles. The quantitative estimate of drug-likeness (QED) is 0.832. The number of rotatable bonds is 2. The lowest BCUT2D eigenvalue weighted by molar-refractivity contribution is 0.0572. The molecular formula is C20H23N3O3. The van der Waals surface area contributed by atoms with E-state index >= 15 is 0 Å². The molecule has 0 radical (unpaired) electrons. The van der Waals surface area contributed by atoms with Gasteiger partial charge in [-0.1, -0.05) is 6.07 Å². The smallest absolute Gasteiger partial charge is 0.272 e. The van der Waals surface area contributed by atoms with Gasteiger partial charge in [0.15, 0.2) is 0 Å². The Morgan fingerprint density at radius 2 is 1.96 bits per heavy atom. The summed E-state index contributed by atoms with van der Waals surface area (Å²) in [6.07, 6.45) is 3.61. The zero-order chi connectivity index (χ0) is 18.3. The van der Waals surface area contributed by atoms with Crippen molar-refractivity contribution in [2.45, 2.75) is 32.7 Å². The van der Waals surface area contributed by atoms with E-state index in [-0.39, 0.29) is 17.9 Å². The van der Waals surface area contributed by atoms with Gasteiger partial charge in [0, 0.05) is 31.9 Å². The number of fused-ring (bicyclic) bond motifs is 4. The van der Waals surface area contributed by atoms with Crippen molar-refractivity contribution in [2.75, 3.05) is 19.6 Å². The van der Waals surface area contributed by atoms with Crippen molar-refractivity contribution in [3.05, 3.63) is 53.2 Å². The van der Waals surface area contributed by atoms with E-state index in [1.165, 1.54) is 0 Å². The van der Waals surface area contributed by atoms with Crippen LogP contribution in [0.3, 0.4) is 0 Å². The van der Waals surface area contributed by atoms with Crippen LogP contribution in [0.2, 0.25) is 0 Å². The molecule has 2 aromatic rings. The van der Waals surface area contributed by atoms with Crippen molar-refractivity contribution in [2.24, 2.45) is 5.92 Å². The van der Waals surface area contributed by atoms with Crippen LogP contribution in [0, 0.1) is 19.8 Å². The molecule has 0 spiro atoms. The van der Waals surface area contributed by atoms with Gasteiger partial charge >= 0.3 is 0 Å². The SMILES string of the molecule is Cc1cc(C(=O)N2C[C@H]3CC[C@@H]2CN(C(=O)c2ccccn2)C3)c(C)o1. The minimum absolute atomic E-state index is 0.0150. The molecule has 0 N–H and O–H groups in total. The van der Waals surface area contributed by atoms with E-state index in [1.54, 1.807) is 18.3 Å². The second-order valence-electron chi connectivity index (χ2n) is 7.31. The molecule has 0 saturated carbocycles. The summed E-state index contributed by atoms with van der Waals surface area (Å²) >= 11 is 0. The molecule has 2 bridgehead atoms. The number of nitrogens with zero attached hydrogens (tertiary/aromatic N) is 3. The second kappa shape index (κ2) is 6.59. The van der Waals surface area contributed by atoms with Gasteiger partial charge in [-0.25, -0.2) is 0 Å². The van der Waals surface area contributed by atoms with Crippen LogP contribution < -0.4 is 0 Å². The molecule has 0 aromatic carbocycles. The number of pyridine rings is 1. The average molecular weight is 353 g/mol. The van der Waals surface area contributed by atoms with Crippen molar-refractivity contribution >= 4 is 11.8 Å². The van der Waals surface area contributed by atoms with E-state index in [0.29, 0.717) is 42.6 Å². The Kier molecular flexibility index (Phi) is 4.26. The molecule has 136 valence electrons. The first-order valence-electron chi connectivity index (χ1n) is 9.11. The molecule has 3 aliphatic rings. The second-order valence-corrected chi connectivity index (χ2v) is 7.31. The lowest BCUT2D eigenvalue weighted by Crippen LogP contribution is -2.47. The molecule has 26 heavy (non-hydrogen) atoms. The number of carbonyl (C=O) groups excluding carboxylic acids is 2. The zero-order valence-corrected chi connectivity index (χ0v) is 15.1. The maximum atomic E-state index is 13.1. The van der Waals surface area contributed by atoms with E-state index in [0.717, 1.165) is 18.6 Å². The first-order valence-corrected chi connectivity index (χ1v) is 9.11. The van der Waals surface area contributed by atoms with Crippen molar-refractivity contribution in [3.63, 3.8) is 0 Å². The van der Waals surface area contributed by atoms with Crippen molar-refractivity contribution < 1.29 is 14.0 Å². The van der Waals surface area contributed by atoms with E-state index < -0.39 is 0 Å². The Hall–Kier alpha value is -2.63. The zero-order valence-electron chi connectivity index (χ0n) is 15.1. The van der Waals surface area contributed by atoms with Gasteiger partial charge in [0.05, 0.1) is 5.56 Å². The Morgan fingerprint density at radius 1 is 1.12 bits per heavy atom. The van der Waals surface area contributed by atoms with Crippen LogP contribution in [0.5, 0.6) is 0 Å². The summed E-state index contributed by atoms with van der Waals surface area (Å²) < 4.78 is 5.53. The Morgan fingerprint density at radius 3 is 2.65 bits per heavy atom. The first-order chi connectivity index (χ1) is 12.5. The molecule has 3 saturated heterocycles. The molecule has 5 heterocycles. The fourth-order valence-corrected chi connectivity index (χ4v) is 4.15. The number of hydrogen-bond donors (Lipinski definition) is 0. The van der Waals surface area contributed by atoms with Crippen LogP contribution >= 0.6 is 0 Å². The summed E-state index contributed by atoms with van der Waals surface area (Å²) in [5, 5.41) is 0. The summed E-state index contributed by atoms with van der Waals surface area (Å²) in [6.45, 7) is 5.62. The van der Waals surface area contributed by atoms with Crippen LogP contribution in [0.1, 0.15) is 45.2 Å². The highest BCUT2D eigenvalue weighted by Gasteiger charge is 2.39. The van der Waals surface area contributed by atoms with Crippen molar-refractivity contribution in [1.29, 1.82) is 0 Å². The predicted molar refractivity (Wildman–Crippen MR) is 95.9 cm³/mol. The van der Waals surface area contributed by atoms with Gasteiger partial charge in [-0.2, -0.15) is 0 Å². The van der Waals surface area contributed by atoms with Crippen LogP contribution in [0.25, 0.3) is 0 Å². The third kappa shape index (κ3) is 3.00. The first kappa shape index (κ1) is 16.8. The van der Waals surface area contributed by atoms with Gasteiger partial charge in [0.1, 0.15) is 17.2 Å². The Labute approximate surface area is 152 Å². The summed E-state index contributed by atoms with van der Waals surface area (Å²) in [4.78, 5) is 33.9. The fraction of sp³-hybridized carbons (Fsp3) is 0.450. The van der Waals surface area contributed by atoms with Gasteiger partial charge in [-0.15, -0.1) is 0 Å². The van der Waals surface area contributed by atoms with Gasteiger partial charge in [0.25, 0.3) is 11.8 Å². The van der Waals surface area contributed by atoms with E-state index in [1.807, 2.05) is 35.8 Å². The minimum Gasteiger partial charge on any atom is -0.466 e. The molecule has 2 aromatic heterocycles. The normalized spacial score (nSPS) is 22.4. The summed E-state index contributed by atoms with van der Waals surface area (Å²) in [7, 11) is 0. The third-order valence-electron chi connectivity index (χ3n) is 5.42. The molecule has 0 aliphatic carbocycles. The lowest BCUT2D eigenvalue weighted by atomic mass is 9.94. The number of aryl methyl sites for hydroxylation is 2. The fourth-order valence-electron chi connectivity index (χ4n) is 4.15. The Bertz CT molecular complexity index is 830. The van der Waals surface area contributed by atoms with Gasteiger partial charge < -0.3 is 14.2 Å². The number of aromatic nitrogens is 1. The molecule has 2 atom stereocenters. The molecule has 0 unspecified atom stereocenters. The molecule has 6 nitrogen and oxygen atoms in total. The molecule has 2 amide bonds. The van der Waals surface area contributed by atoms with Crippen LogP contribution in [-0.4, -0.2) is 52.3 Å². The van der Waals surface area contributed by atoms with Crippen LogP contribution in [-0.2, 0) is 0 Å². The van der Waals surface area contributed by atoms with Crippen molar-refractivity contribution in [3.8, 4) is 0 Å². The van der Waals surface area contributed by atoms with E-state index in [9.17, 15) is 9.59 Å². The van der Waals surface area contributed by atoms with Gasteiger partial charge in [0.2, 0.25) is 0 Å². The highest BCUT2D eigenvalue weighted by molar-refractivity contribution is 5.96. The van der Waals surface area contributed by atoms with E-state index in [2.05, 4.69) is 4.98 Å². The highest BCUT2D eigenvalue weighted by Crippen LogP contribution is 2.30. The third-order valence-corrected chi connectivity index (χ3v) is 5.42. The molecule has 3 fully saturated rings. The molecule has 5 rings (SSSR count). The number of carbonyl (C=O) groups is 2. The van der Waals surface area contributed by atoms with Gasteiger partial charge in [-0.05, 0) is 50.8 Å². The number of piperidine rings is 1. The minimum atomic E-state index is -0.0489. The van der Waals surface area contributed by atoms with Gasteiger partial charge in [-0.3, -0.25) is 14.6 Å². The average Bonchev–Trinajstić information content (AvgIpc) is 2.82. The highest BCUT2D eigenvalue weighted by atomic mass is 16.3. The largest absolute Gasteiger partial charge is 0.466 e. The standard InChI is InChI=1S/C20H23N3O3/c1-13-9-17(14(2)26-13)19(24)23-11-15-6-7-16(23)12-22(10-15)20(25)18-5-3-4-8-21-18/h3-5,8-9,15-16H,6-7,10-12H2,1-2H3/t15-,16+/m0/s1. The topological polar surface area (TPSA) is 66.7 Å². The predicted octanol–water partition coefficient (Wildman–Crippen LogP) is 2.67. The van der Waals surface area contributed by atoms with Crippen molar-refractivity contribution in [1.82, 2.24) is 14.8 Å². The van der Waals surface area contributed by atoms with E-state index in [4.69, 9.17) is 4.42 Å². The van der Waals surface area contributed by atoms with Crippen LogP contribution in [0.4, 0.5) is 0 Å². The number of hydrogen-bond acceptors (Lipinski definition) is 4. The maximum absolute atomic E-state index is 13.1. The Balaban J connectivity index is 1.56.